The van der Waals surface area contributed by atoms with Crippen LogP contribution in [0.15, 0.2) is 48.5 Å². The second-order valence-corrected chi connectivity index (χ2v) is 6.93. The number of carbonyl (C=O) groups is 2. The molecule has 2 rings (SSSR count). The Balaban J connectivity index is 1.98. The largest absolute Gasteiger partial charge is 0.378 e. The van der Waals surface area contributed by atoms with Gasteiger partial charge in [-0.1, -0.05) is 24.3 Å². The van der Waals surface area contributed by atoms with Crippen LogP contribution in [0.5, 0.6) is 0 Å². The van der Waals surface area contributed by atoms with Gasteiger partial charge in [-0.2, -0.15) is 0 Å². The Kier molecular flexibility index (Phi) is 6.52. The highest BCUT2D eigenvalue weighted by Gasteiger charge is 2.22. The van der Waals surface area contributed by atoms with Crippen molar-refractivity contribution in [2.24, 2.45) is 0 Å². The molecule has 0 fully saturated rings. The fraction of sp³-hybridized carbons (Fsp3) is 0.333. The maximum Gasteiger partial charge on any atom is 0.282 e. The van der Waals surface area contributed by atoms with E-state index in [0.717, 1.165) is 17.1 Å². The molecule has 0 aromatic heterocycles. The van der Waals surface area contributed by atoms with Gasteiger partial charge in [-0.15, -0.1) is 0 Å². The van der Waals surface area contributed by atoms with E-state index in [9.17, 15) is 9.59 Å². The van der Waals surface area contributed by atoms with Crippen molar-refractivity contribution >= 4 is 23.1 Å². The summed E-state index contributed by atoms with van der Waals surface area (Å²) < 4.78 is 0. The van der Waals surface area contributed by atoms with E-state index in [1.54, 1.807) is 24.3 Å². The number of quaternary nitrogens is 1. The summed E-state index contributed by atoms with van der Waals surface area (Å²) in [5.41, 5.74) is 3.59. The number of hydrogen-bond donors (Lipinski definition) is 2. The Labute approximate surface area is 155 Å². The van der Waals surface area contributed by atoms with Crippen molar-refractivity contribution in [1.82, 2.24) is 0 Å². The zero-order valence-electron chi connectivity index (χ0n) is 16.2. The lowest BCUT2D eigenvalue weighted by Crippen LogP contribution is -3.12. The van der Waals surface area contributed by atoms with Gasteiger partial charge in [0.2, 0.25) is 0 Å². The summed E-state index contributed by atoms with van der Waals surface area (Å²) in [5, 5.41) is 2.91. The van der Waals surface area contributed by atoms with Crippen LogP contribution >= 0.6 is 0 Å². The monoisotopic (exact) mass is 354 g/mol. The first-order valence-electron chi connectivity index (χ1n) is 8.78. The van der Waals surface area contributed by atoms with E-state index in [1.807, 2.05) is 28.1 Å². The van der Waals surface area contributed by atoms with Crippen LogP contribution in [0.1, 0.15) is 29.8 Å². The van der Waals surface area contributed by atoms with Gasteiger partial charge in [0.15, 0.2) is 11.8 Å². The molecule has 1 amide bonds. The highest BCUT2D eigenvalue weighted by molar-refractivity contribution is 5.97. The third-order valence-electron chi connectivity index (χ3n) is 4.60. The molecule has 0 heterocycles. The van der Waals surface area contributed by atoms with E-state index in [1.165, 1.54) is 12.5 Å². The molecule has 2 atom stereocenters. The number of benzene rings is 2. The molecular weight excluding hydrogens is 326 g/mol. The predicted molar refractivity (Wildman–Crippen MR) is 106 cm³/mol. The number of nitrogens with one attached hydrogen (secondary N) is 2. The molecule has 0 aliphatic rings. The van der Waals surface area contributed by atoms with E-state index in [-0.39, 0.29) is 17.7 Å². The van der Waals surface area contributed by atoms with Gasteiger partial charge in [0, 0.05) is 36.6 Å². The minimum Gasteiger partial charge on any atom is -0.378 e. The van der Waals surface area contributed by atoms with Crippen LogP contribution in [-0.2, 0) is 11.3 Å². The average Bonchev–Trinajstić information content (AvgIpc) is 2.61. The molecule has 26 heavy (non-hydrogen) atoms. The summed E-state index contributed by atoms with van der Waals surface area (Å²) in [6, 6.07) is 15.2. The van der Waals surface area contributed by atoms with E-state index in [2.05, 4.69) is 34.5 Å². The van der Waals surface area contributed by atoms with Crippen LogP contribution in [0.25, 0.3) is 0 Å². The number of nitrogens with zero attached hydrogens (tertiary/aromatic N) is 1. The number of rotatable bonds is 7. The molecule has 0 aliphatic carbocycles. The summed E-state index contributed by atoms with van der Waals surface area (Å²) in [6.45, 7) is 4.19. The summed E-state index contributed by atoms with van der Waals surface area (Å²) in [7, 11) is 6.04. The Morgan fingerprint density at radius 1 is 1.12 bits per heavy atom. The van der Waals surface area contributed by atoms with E-state index >= 15 is 0 Å². The lowest BCUT2D eigenvalue weighted by molar-refractivity contribution is -0.907. The molecule has 0 saturated carbocycles. The predicted octanol–water partition coefficient (Wildman–Crippen LogP) is 2.00. The molecule has 5 heteroatoms. The van der Waals surface area contributed by atoms with Crippen molar-refractivity contribution in [2.45, 2.75) is 26.4 Å². The number of Topliss-reactive ketones (excluding diaryl/α,β-unsaturated/α-hetero) is 1. The third-order valence-corrected chi connectivity index (χ3v) is 4.60. The minimum atomic E-state index is -0.218. The van der Waals surface area contributed by atoms with Gasteiger partial charge in [-0.05, 0) is 38.1 Å². The van der Waals surface area contributed by atoms with Gasteiger partial charge in [-0.3, -0.25) is 9.59 Å². The van der Waals surface area contributed by atoms with E-state index in [0.29, 0.717) is 11.3 Å². The van der Waals surface area contributed by atoms with Crippen LogP contribution in [-0.4, -0.2) is 38.9 Å². The van der Waals surface area contributed by atoms with Crippen LogP contribution in [0, 0.1) is 0 Å². The maximum atomic E-state index is 12.5. The molecule has 0 bridgehead atoms. The minimum absolute atomic E-state index is 0.0157. The number of carbonyl (C=O) groups excluding carboxylic acids is 2. The average molecular weight is 354 g/mol. The van der Waals surface area contributed by atoms with Crippen molar-refractivity contribution in [3.05, 3.63) is 59.7 Å². The number of likely N-dealkylation sites (N-methyl/N-ethyl adjacent to an activating group) is 1. The highest BCUT2D eigenvalue weighted by atomic mass is 16.2. The van der Waals surface area contributed by atoms with Crippen molar-refractivity contribution in [2.75, 3.05) is 31.4 Å². The van der Waals surface area contributed by atoms with Gasteiger partial charge >= 0.3 is 0 Å². The normalized spacial score (nSPS) is 13.0. The van der Waals surface area contributed by atoms with Crippen LogP contribution < -0.4 is 15.1 Å². The molecular formula is C21H28N3O2+. The first kappa shape index (κ1) is 19.7. The summed E-state index contributed by atoms with van der Waals surface area (Å²) in [4.78, 5) is 27.2. The molecule has 0 spiro atoms. The quantitative estimate of drug-likeness (QED) is 0.748. The number of ketones is 1. The highest BCUT2D eigenvalue weighted by Crippen LogP contribution is 2.12. The van der Waals surface area contributed by atoms with Gasteiger partial charge in [0.25, 0.3) is 5.91 Å². The molecule has 138 valence electrons. The first-order valence-corrected chi connectivity index (χ1v) is 8.78. The first-order chi connectivity index (χ1) is 12.3. The zero-order chi connectivity index (χ0) is 19.3. The molecule has 1 unspecified atom stereocenters. The van der Waals surface area contributed by atoms with Crippen LogP contribution in [0.4, 0.5) is 11.4 Å². The van der Waals surface area contributed by atoms with Crippen molar-refractivity contribution in [3.63, 3.8) is 0 Å². The molecule has 2 aromatic carbocycles. The fourth-order valence-electron chi connectivity index (χ4n) is 2.68. The zero-order valence-corrected chi connectivity index (χ0v) is 16.2. The Morgan fingerprint density at radius 2 is 1.77 bits per heavy atom. The third kappa shape index (κ3) is 5.17. The smallest absolute Gasteiger partial charge is 0.282 e. The molecule has 0 saturated heterocycles. The second-order valence-electron chi connectivity index (χ2n) is 6.93. The number of hydrogen-bond acceptors (Lipinski definition) is 3. The lowest BCUT2D eigenvalue weighted by atomic mass is 10.1. The van der Waals surface area contributed by atoms with Gasteiger partial charge in [0.05, 0.1) is 7.05 Å². The Bertz CT molecular complexity index is 769. The molecule has 2 N–H and O–H groups in total. The second kappa shape index (κ2) is 8.63. The topological polar surface area (TPSA) is 53.9 Å². The van der Waals surface area contributed by atoms with Crippen molar-refractivity contribution in [1.29, 1.82) is 0 Å². The number of amides is 1. The standard InChI is InChI=1S/C21H27N3O2/c1-15(21(26)22-19-8-6-7-18(13-19)16(2)25)24(5)14-17-9-11-20(12-10-17)23(3)4/h6-13,15H,14H2,1-5H3,(H,22,26)/p+1/t15-/m0/s1. The van der Waals surface area contributed by atoms with Crippen molar-refractivity contribution in [3.8, 4) is 0 Å². The molecule has 5 nitrogen and oxygen atoms in total. The van der Waals surface area contributed by atoms with Crippen LogP contribution in [0.3, 0.4) is 0 Å². The van der Waals surface area contributed by atoms with E-state index in [4.69, 9.17) is 0 Å². The fourth-order valence-corrected chi connectivity index (χ4v) is 2.68. The lowest BCUT2D eigenvalue weighted by Gasteiger charge is -2.21. The summed E-state index contributed by atoms with van der Waals surface area (Å²) in [5.74, 6) is -0.0776. The summed E-state index contributed by atoms with van der Waals surface area (Å²) in [6.07, 6.45) is 0. The maximum absolute atomic E-state index is 12.5. The van der Waals surface area contributed by atoms with Crippen LogP contribution in [0.2, 0.25) is 0 Å². The Hall–Kier alpha value is -2.66. The van der Waals surface area contributed by atoms with E-state index < -0.39 is 0 Å². The van der Waals surface area contributed by atoms with Crippen molar-refractivity contribution < 1.29 is 14.5 Å². The summed E-state index contributed by atoms with van der Waals surface area (Å²) >= 11 is 0. The van der Waals surface area contributed by atoms with Gasteiger partial charge in [-0.25, -0.2) is 0 Å². The SMILES string of the molecule is CC(=O)c1cccc(NC(=O)[C@H](C)[NH+](C)Cc2ccc(N(C)C)cc2)c1. The number of anilines is 2. The molecule has 0 radical (unpaired) electrons. The van der Waals surface area contributed by atoms with Gasteiger partial charge in [0.1, 0.15) is 6.54 Å². The molecule has 2 aromatic rings. The Morgan fingerprint density at radius 3 is 2.35 bits per heavy atom. The molecule has 0 aliphatic heterocycles. The van der Waals surface area contributed by atoms with Gasteiger partial charge < -0.3 is 15.1 Å².